The van der Waals surface area contributed by atoms with Gasteiger partial charge in [0, 0.05) is 24.5 Å². The molecule has 132 valence electrons. The average molecular weight is 364 g/mol. The second kappa shape index (κ2) is 8.45. The molecule has 0 spiro atoms. The molecule has 0 atom stereocenters. The van der Waals surface area contributed by atoms with E-state index in [1.165, 1.54) is 11.3 Å². The van der Waals surface area contributed by atoms with Gasteiger partial charge in [-0.25, -0.2) is 4.98 Å². The second-order valence-corrected chi connectivity index (χ2v) is 6.67. The molecule has 0 fully saturated rings. The molecule has 3 rings (SSSR count). The molecular weight excluding hydrogens is 344 g/mol. The Balaban J connectivity index is 1.72. The first-order chi connectivity index (χ1) is 12.7. The normalized spacial score (nSPS) is 10.3. The topological polar surface area (TPSA) is 42.4 Å². The lowest BCUT2D eigenvalue weighted by molar-refractivity contribution is 0.0780. The van der Waals surface area contributed by atoms with Gasteiger partial charge in [-0.3, -0.25) is 4.79 Å². The van der Waals surface area contributed by atoms with Crippen LogP contribution in [0.2, 0.25) is 0 Å². The summed E-state index contributed by atoms with van der Waals surface area (Å²) in [6.45, 7) is 4.65. The summed E-state index contributed by atoms with van der Waals surface area (Å²) in [7, 11) is 1.79. The van der Waals surface area contributed by atoms with Crippen molar-refractivity contribution in [2.75, 3.05) is 13.7 Å². The van der Waals surface area contributed by atoms with Crippen LogP contribution in [0.25, 0.3) is 10.6 Å². The molecule has 1 aromatic heterocycles. The number of thiazole rings is 1. The fourth-order valence-corrected chi connectivity index (χ4v) is 3.29. The van der Waals surface area contributed by atoms with E-state index in [1.807, 2.05) is 54.6 Å². The second-order valence-electron chi connectivity index (χ2n) is 5.81. The number of hydrogen-bond donors (Lipinski definition) is 0. The standard InChI is InChI=1S/C21H20N2O2S/c1-3-12-25-18-11-7-10-17(13-18)20-22-19(15-26-20)21(24)23(2)14-16-8-5-4-6-9-16/h3-11,13,15H,1,12,14H2,2H3. The van der Waals surface area contributed by atoms with Crippen LogP contribution in [0.5, 0.6) is 5.75 Å². The lowest BCUT2D eigenvalue weighted by Crippen LogP contribution is -2.26. The molecular formula is C21H20N2O2S. The highest BCUT2D eigenvalue weighted by Crippen LogP contribution is 2.27. The predicted octanol–water partition coefficient (Wildman–Crippen LogP) is 4.65. The van der Waals surface area contributed by atoms with Crippen LogP contribution in [0.4, 0.5) is 0 Å². The monoisotopic (exact) mass is 364 g/mol. The van der Waals surface area contributed by atoms with Crippen molar-refractivity contribution in [3.8, 4) is 16.3 Å². The molecule has 26 heavy (non-hydrogen) atoms. The van der Waals surface area contributed by atoms with Crippen molar-refractivity contribution >= 4 is 17.2 Å². The Labute approximate surface area is 157 Å². The number of amides is 1. The maximum atomic E-state index is 12.6. The maximum absolute atomic E-state index is 12.6. The molecule has 2 aromatic carbocycles. The lowest BCUT2D eigenvalue weighted by Gasteiger charge is -2.15. The minimum Gasteiger partial charge on any atom is -0.490 e. The van der Waals surface area contributed by atoms with E-state index in [0.29, 0.717) is 18.8 Å². The zero-order valence-electron chi connectivity index (χ0n) is 14.6. The molecule has 0 aliphatic carbocycles. The zero-order chi connectivity index (χ0) is 18.4. The molecule has 0 saturated heterocycles. The molecule has 0 aliphatic heterocycles. The van der Waals surface area contributed by atoms with E-state index in [9.17, 15) is 4.79 Å². The van der Waals surface area contributed by atoms with Gasteiger partial charge in [-0.05, 0) is 17.7 Å². The smallest absolute Gasteiger partial charge is 0.273 e. The minimum atomic E-state index is -0.0876. The van der Waals surface area contributed by atoms with Crippen molar-refractivity contribution in [3.05, 3.63) is 83.9 Å². The van der Waals surface area contributed by atoms with Crippen molar-refractivity contribution in [2.45, 2.75) is 6.54 Å². The van der Waals surface area contributed by atoms with Crippen LogP contribution in [-0.2, 0) is 6.54 Å². The summed E-state index contributed by atoms with van der Waals surface area (Å²) in [6, 6.07) is 17.6. The van der Waals surface area contributed by atoms with Crippen LogP contribution in [0.1, 0.15) is 16.1 Å². The van der Waals surface area contributed by atoms with Gasteiger partial charge in [-0.15, -0.1) is 11.3 Å². The van der Waals surface area contributed by atoms with Crippen LogP contribution >= 0.6 is 11.3 Å². The maximum Gasteiger partial charge on any atom is 0.273 e. The Morgan fingerprint density at radius 1 is 1.23 bits per heavy atom. The molecule has 0 N–H and O–H groups in total. The first-order valence-electron chi connectivity index (χ1n) is 8.26. The van der Waals surface area contributed by atoms with Gasteiger partial charge in [0.05, 0.1) is 0 Å². The number of benzene rings is 2. The third kappa shape index (κ3) is 4.37. The number of hydrogen-bond acceptors (Lipinski definition) is 4. The fraction of sp³-hybridized carbons (Fsp3) is 0.143. The van der Waals surface area contributed by atoms with E-state index < -0.39 is 0 Å². The largest absolute Gasteiger partial charge is 0.490 e. The quantitative estimate of drug-likeness (QED) is 0.573. The van der Waals surface area contributed by atoms with Crippen LogP contribution in [0.15, 0.2) is 72.6 Å². The summed E-state index contributed by atoms with van der Waals surface area (Å²) in [5.74, 6) is 0.669. The van der Waals surface area contributed by atoms with Gasteiger partial charge in [0.2, 0.25) is 0 Å². The molecule has 0 aliphatic rings. The third-order valence-corrected chi connectivity index (χ3v) is 4.67. The average Bonchev–Trinajstić information content (AvgIpc) is 3.17. The Morgan fingerprint density at radius 2 is 2.04 bits per heavy atom. The Bertz CT molecular complexity index is 890. The van der Waals surface area contributed by atoms with Crippen molar-refractivity contribution in [2.24, 2.45) is 0 Å². The molecule has 1 heterocycles. The van der Waals surface area contributed by atoms with E-state index in [2.05, 4.69) is 11.6 Å². The van der Waals surface area contributed by atoms with Crippen LogP contribution in [0, 0.1) is 0 Å². The molecule has 5 heteroatoms. The van der Waals surface area contributed by atoms with Crippen molar-refractivity contribution in [1.29, 1.82) is 0 Å². The fourth-order valence-electron chi connectivity index (χ4n) is 2.50. The summed E-state index contributed by atoms with van der Waals surface area (Å²) in [5, 5.41) is 2.60. The minimum absolute atomic E-state index is 0.0876. The summed E-state index contributed by atoms with van der Waals surface area (Å²) in [4.78, 5) is 18.8. The van der Waals surface area contributed by atoms with Gasteiger partial charge in [-0.1, -0.05) is 55.1 Å². The highest BCUT2D eigenvalue weighted by Gasteiger charge is 2.16. The third-order valence-electron chi connectivity index (χ3n) is 3.78. The van der Waals surface area contributed by atoms with Crippen molar-refractivity contribution in [1.82, 2.24) is 9.88 Å². The summed E-state index contributed by atoms with van der Waals surface area (Å²) in [5.41, 5.74) is 2.48. The molecule has 1 amide bonds. The molecule has 0 saturated carbocycles. The van der Waals surface area contributed by atoms with Gasteiger partial charge in [0.25, 0.3) is 5.91 Å². The molecule has 0 radical (unpaired) electrons. The number of nitrogens with zero attached hydrogens (tertiary/aromatic N) is 2. The van der Waals surface area contributed by atoms with E-state index in [4.69, 9.17) is 4.74 Å². The Hall–Kier alpha value is -2.92. The first kappa shape index (κ1) is 17.9. The van der Waals surface area contributed by atoms with Gasteiger partial charge in [0.1, 0.15) is 23.1 Å². The Morgan fingerprint density at radius 3 is 2.81 bits per heavy atom. The van der Waals surface area contributed by atoms with Crippen molar-refractivity contribution in [3.63, 3.8) is 0 Å². The van der Waals surface area contributed by atoms with Gasteiger partial charge >= 0.3 is 0 Å². The van der Waals surface area contributed by atoms with Crippen LogP contribution in [0.3, 0.4) is 0 Å². The first-order valence-corrected chi connectivity index (χ1v) is 9.14. The van der Waals surface area contributed by atoms with Gasteiger partial charge in [0.15, 0.2) is 0 Å². The number of ether oxygens (including phenoxy) is 1. The SMILES string of the molecule is C=CCOc1cccc(-c2nc(C(=O)N(C)Cc3ccccc3)cs2)c1. The summed E-state index contributed by atoms with van der Waals surface area (Å²) in [6.07, 6.45) is 1.70. The number of carbonyl (C=O) groups excluding carboxylic acids is 1. The van der Waals surface area contributed by atoms with Crippen LogP contribution < -0.4 is 4.74 Å². The number of carbonyl (C=O) groups is 1. The zero-order valence-corrected chi connectivity index (χ0v) is 15.4. The summed E-state index contributed by atoms with van der Waals surface area (Å²) >= 11 is 1.45. The van der Waals surface area contributed by atoms with Crippen molar-refractivity contribution < 1.29 is 9.53 Å². The number of aromatic nitrogens is 1. The molecule has 0 unspecified atom stereocenters. The van der Waals surface area contributed by atoms with E-state index in [1.54, 1.807) is 23.4 Å². The summed E-state index contributed by atoms with van der Waals surface area (Å²) < 4.78 is 5.56. The molecule has 4 nitrogen and oxygen atoms in total. The Kier molecular flexibility index (Phi) is 5.81. The van der Waals surface area contributed by atoms with Crippen LogP contribution in [-0.4, -0.2) is 29.4 Å². The van der Waals surface area contributed by atoms with Gasteiger partial charge in [-0.2, -0.15) is 0 Å². The van der Waals surface area contributed by atoms with E-state index >= 15 is 0 Å². The van der Waals surface area contributed by atoms with Gasteiger partial charge < -0.3 is 9.64 Å². The predicted molar refractivity (Wildman–Crippen MR) is 105 cm³/mol. The molecule has 0 bridgehead atoms. The highest BCUT2D eigenvalue weighted by atomic mass is 32.1. The molecule has 3 aromatic rings. The highest BCUT2D eigenvalue weighted by molar-refractivity contribution is 7.13. The van der Waals surface area contributed by atoms with E-state index in [-0.39, 0.29) is 5.91 Å². The number of rotatable bonds is 7. The van der Waals surface area contributed by atoms with E-state index in [0.717, 1.165) is 21.9 Å². The lowest BCUT2D eigenvalue weighted by atomic mass is 10.2.